The SMILES string of the molecule is CCN1CCN(c2ncc(-c3cc(=O)n(-c4ccc(Cl)nn4)[nH]3)c(C)n2)CC1. The standard InChI is InChI=1S/C18H21ClN8O/c1-3-25-6-8-26(9-7-25)18-20-11-13(12(2)21-18)14-10-17(28)27(24-14)16-5-4-15(19)22-23-16/h4-5,10-11,24H,3,6-9H2,1-2H3. The molecule has 146 valence electrons. The molecule has 0 bridgehead atoms. The second-order valence-corrected chi connectivity index (χ2v) is 7.04. The van der Waals surface area contributed by atoms with E-state index in [1.165, 1.54) is 10.7 Å². The van der Waals surface area contributed by atoms with Crippen LogP contribution in [0.2, 0.25) is 5.15 Å². The predicted molar refractivity (Wildman–Crippen MR) is 107 cm³/mol. The number of nitrogens with one attached hydrogen (secondary N) is 1. The van der Waals surface area contributed by atoms with Crippen LogP contribution in [-0.4, -0.2) is 67.6 Å². The molecule has 3 aromatic rings. The van der Waals surface area contributed by atoms with Gasteiger partial charge in [0.15, 0.2) is 11.0 Å². The van der Waals surface area contributed by atoms with Crippen LogP contribution in [0.15, 0.2) is 29.2 Å². The minimum absolute atomic E-state index is 0.245. The molecule has 9 nitrogen and oxygen atoms in total. The molecule has 0 spiro atoms. The van der Waals surface area contributed by atoms with Crippen molar-refractivity contribution < 1.29 is 0 Å². The first-order chi connectivity index (χ1) is 13.5. The van der Waals surface area contributed by atoms with Crippen LogP contribution in [0.25, 0.3) is 17.1 Å². The maximum absolute atomic E-state index is 12.4. The lowest BCUT2D eigenvalue weighted by Crippen LogP contribution is -2.46. The fourth-order valence-corrected chi connectivity index (χ4v) is 3.37. The average Bonchev–Trinajstić information content (AvgIpc) is 3.10. The summed E-state index contributed by atoms with van der Waals surface area (Å²) in [6.45, 7) is 9.01. The molecule has 0 aromatic carbocycles. The van der Waals surface area contributed by atoms with Crippen molar-refractivity contribution >= 4 is 17.5 Å². The van der Waals surface area contributed by atoms with E-state index >= 15 is 0 Å². The minimum atomic E-state index is -0.245. The molecular weight excluding hydrogens is 380 g/mol. The lowest BCUT2D eigenvalue weighted by atomic mass is 10.2. The van der Waals surface area contributed by atoms with Crippen LogP contribution in [0, 0.1) is 6.92 Å². The molecule has 4 rings (SSSR count). The number of piperazine rings is 1. The van der Waals surface area contributed by atoms with Gasteiger partial charge in [0.05, 0.1) is 11.4 Å². The van der Waals surface area contributed by atoms with E-state index in [0.717, 1.165) is 49.9 Å². The van der Waals surface area contributed by atoms with Gasteiger partial charge >= 0.3 is 0 Å². The summed E-state index contributed by atoms with van der Waals surface area (Å²) in [7, 11) is 0. The van der Waals surface area contributed by atoms with Crippen LogP contribution in [0.4, 0.5) is 5.95 Å². The van der Waals surface area contributed by atoms with E-state index in [1.807, 2.05) is 6.92 Å². The van der Waals surface area contributed by atoms with Gasteiger partial charge in [0.25, 0.3) is 5.56 Å². The van der Waals surface area contributed by atoms with Crippen LogP contribution in [0.1, 0.15) is 12.6 Å². The number of halogens is 1. The van der Waals surface area contributed by atoms with Crippen LogP contribution in [0.5, 0.6) is 0 Å². The summed E-state index contributed by atoms with van der Waals surface area (Å²) in [5.41, 5.74) is 1.96. The monoisotopic (exact) mass is 400 g/mol. The molecule has 4 heterocycles. The van der Waals surface area contributed by atoms with E-state index in [-0.39, 0.29) is 10.7 Å². The summed E-state index contributed by atoms with van der Waals surface area (Å²) in [6.07, 6.45) is 1.76. The van der Waals surface area contributed by atoms with Crippen LogP contribution in [-0.2, 0) is 0 Å². The third-order valence-corrected chi connectivity index (χ3v) is 5.13. The summed E-state index contributed by atoms with van der Waals surface area (Å²) in [5, 5.41) is 11.0. The summed E-state index contributed by atoms with van der Waals surface area (Å²) in [5.74, 6) is 1.09. The second-order valence-electron chi connectivity index (χ2n) is 6.65. The molecular formula is C18H21ClN8O. The van der Waals surface area contributed by atoms with E-state index in [9.17, 15) is 4.79 Å². The van der Waals surface area contributed by atoms with Crippen molar-refractivity contribution in [3.63, 3.8) is 0 Å². The topological polar surface area (TPSA) is 95.8 Å². The lowest BCUT2D eigenvalue weighted by Gasteiger charge is -2.34. The van der Waals surface area contributed by atoms with Gasteiger partial charge in [0.2, 0.25) is 5.95 Å². The number of likely N-dealkylation sites (N-methyl/N-ethyl adjacent to an activating group) is 1. The Bertz CT molecular complexity index is 1020. The van der Waals surface area contributed by atoms with Crippen molar-refractivity contribution in [1.29, 1.82) is 0 Å². The highest BCUT2D eigenvalue weighted by molar-refractivity contribution is 6.29. The average molecular weight is 401 g/mol. The van der Waals surface area contributed by atoms with Gasteiger partial charge in [0.1, 0.15) is 0 Å². The first kappa shape index (κ1) is 18.6. The van der Waals surface area contributed by atoms with Crippen molar-refractivity contribution in [2.75, 3.05) is 37.6 Å². The molecule has 28 heavy (non-hydrogen) atoms. The van der Waals surface area contributed by atoms with Gasteiger partial charge in [-0.15, -0.1) is 10.2 Å². The van der Waals surface area contributed by atoms with Gasteiger partial charge in [0, 0.05) is 44.0 Å². The van der Waals surface area contributed by atoms with Gasteiger partial charge in [-0.1, -0.05) is 18.5 Å². The Hall–Kier alpha value is -2.78. The highest BCUT2D eigenvalue weighted by Crippen LogP contribution is 2.21. The third kappa shape index (κ3) is 3.63. The maximum atomic E-state index is 12.4. The molecule has 1 aliphatic rings. The quantitative estimate of drug-likeness (QED) is 0.709. The number of aromatic amines is 1. The zero-order chi connectivity index (χ0) is 19.7. The molecule has 1 fully saturated rings. The number of H-pyrrole nitrogens is 1. The molecule has 0 radical (unpaired) electrons. The Balaban J connectivity index is 1.59. The van der Waals surface area contributed by atoms with Gasteiger partial charge in [-0.3, -0.25) is 9.89 Å². The lowest BCUT2D eigenvalue weighted by molar-refractivity contribution is 0.270. The number of anilines is 1. The van der Waals surface area contributed by atoms with E-state index in [1.54, 1.807) is 18.3 Å². The Kier molecular flexibility index (Phi) is 5.10. The van der Waals surface area contributed by atoms with Gasteiger partial charge in [-0.25, -0.2) is 9.97 Å². The Morgan fingerprint density at radius 1 is 1.18 bits per heavy atom. The maximum Gasteiger partial charge on any atom is 0.273 e. The molecule has 1 saturated heterocycles. The van der Waals surface area contributed by atoms with Crippen molar-refractivity contribution in [1.82, 2.24) is 34.8 Å². The number of hydrogen-bond acceptors (Lipinski definition) is 7. The molecule has 10 heteroatoms. The minimum Gasteiger partial charge on any atom is -0.338 e. The van der Waals surface area contributed by atoms with Crippen LogP contribution < -0.4 is 10.5 Å². The molecule has 0 saturated carbocycles. The molecule has 1 aliphatic heterocycles. The van der Waals surface area contributed by atoms with Crippen molar-refractivity contribution in [2.24, 2.45) is 0 Å². The summed E-state index contributed by atoms with van der Waals surface area (Å²) >= 11 is 5.76. The third-order valence-electron chi connectivity index (χ3n) is 4.93. The van der Waals surface area contributed by atoms with Crippen molar-refractivity contribution in [2.45, 2.75) is 13.8 Å². The second kappa shape index (κ2) is 7.69. The first-order valence-corrected chi connectivity index (χ1v) is 9.56. The number of aromatic nitrogens is 6. The summed E-state index contributed by atoms with van der Waals surface area (Å²) in [4.78, 5) is 26.2. The fourth-order valence-electron chi connectivity index (χ4n) is 3.27. The Morgan fingerprint density at radius 3 is 2.61 bits per heavy atom. The molecule has 3 aromatic heterocycles. The predicted octanol–water partition coefficient (Wildman–Crippen LogP) is 1.52. The van der Waals surface area contributed by atoms with E-state index in [2.05, 4.69) is 42.0 Å². The zero-order valence-corrected chi connectivity index (χ0v) is 16.5. The fraction of sp³-hybridized carbons (Fsp3) is 0.389. The summed E-state index contributed by atoms with van der Waals surface area (Å²) < 4.78 is 1.32. The molecule has 0 amide bonds. The van der Waals surface area contributed by atoms with Gasteiger partial charge in [-0.2, -0.15) is 4.68 Å². The van der Waals surface area contributed by atoms with Crippen LogP contribution in [0.3, 0.4) is 0 Å². The Labute approximate surface area is 167 Å². The first-order valence-electron chi connectivity index (χ1n) is 9.18. The smallest absolute Gasteiger partial charge is 0.273 e. The molecule has 0 unspecified atom stereocenters. The van der Waals surface area contributed by atoms with Crippen LogP contribution >= 0.6 is 11.6 Å². The molecule has 0 aliphatic carbocycles. The van der Waals surface area contributed by atoms with Gasteiger partial charge in [-0.05, 0) is 25.6 Å². The van der Waals surface area contributed by atoms with Gasteiger partial charge < -0.3 is 9.80 Å². The van der Waals surface area contributed by atoms with E-state index < -0.39 is 0 Å². The Morgan fingerprint density at radius 2 is 1.96 bits per heavy atom. The van der Waals surface area contributed by atoms with Crippen molar-refractivity contribution in [3.8, 4) is 17.1 Å². The normalized spacial score (nSPS) is 15.2. The van der Waals surface area contributed by atoms with E-state index in [0.29, 0.717) is 11.5 Å². The van der Waals surface area contributed by atoms with E-state index in [4.69, 9.17) is 11.6 Å². The number of aryl methyl sites for hydroxylation is 1. The number of hydrogen-bond donors (Lipinski definition) is 1. The number of rotatable bonds is 4. The zero-order valence-electron chi connectivity index (χ0n) is 15.8. The summed E-state index contributed by atoms with van der Waals surface area (Å²) in [6, 6.07) is 4.71. The largest absolute Gasteiger partial charge is 0.338 e. The number of nitrogens with zero attached hydrogens (tertiary/aromatic N) is 7. The molecule has 1 N–H and O–H groups in total. The molecule has 0 atom stereocenters. The highest BCUT2D eigenvalue weighted by atomic mass is 35.5. The van der Waals surface area contributed by atoms with Crippen molar-refractivity contribution in [3.05, 3.63) is 45.6 Å². The highest BCUT2D eigenvalue weighted by Gasteiger charge is 2.19.